The Balaban J connectivity index is 2.44. The van der Waals surface area contributed by atoms with Gasteiger partial charge in [0.25, 0.3) is 0 Å². The minimum absolute atomic E-state index is 0.720. The maximum atomic E-state index is 4.68. The molecular formula is C18H32N4. The Labute approximate surface area is 136 Å². The number of rotatable bonds is 9. The van der Waals surface area contributed by atoms with Crippen LogP contribution in [0.1, 0.15) is 38.3 Å². The molecule has 0 atom stereocenters. The number of hydrogen-bond donors (Lipinski definition) is 2. The maximum absolute atomic E-state index is 4.68. The second-order valence-corrected chi connectivity index (χ2v) is 5.43. The zero-order valence-electron chi connectivity index (χ0n) is 14.7. The smallest absolute Gasteiger partial charge is 0.191 e. The van der Waals surface area contributed by atoms with Gasteiger partial charge < -0.3 is 15.5 Å². The van der Waals surface area contributed by atoms with Gasteiger partial charge in [0.15, 0.2) is 5.96 Å². The molecule has 0 bridgehead atoms. The summed E-state index contributed by atoms with van der Waals surface area (Å²) in [6.07, 6.45) is 1.14. The first-order chi connectivity index (χ1) is 10.7. The van der Waals surface area contributed by atoms with Gasteiger partial charge in [0.2, 0.25) is 0 Å². The summed E-state index contributed by atoms with van der Waals surface area (Å²) < 4.78 is 0. The Hall–Kier alpha value is -1.55. The van der Waals surface area contributed by atoms with Gasteiger partial charge in [-0.1, -0.05) is 38.1 Å². The van der Waals surface area contributed by atoms with E-state index in [9.17, 15) is 0 Å². The SMILES string of the molecule is CCNC(=NCc1ccccc1C)NCCCN(CC)CC. The topological polar surface area (TPSA) is 39.7 Å². The van der Waals surface area contributed by atoms with Gasteiger partial charge >= 0.3 is 0 Å². The van der Waals surface area contributed by atoms with Crippen LogP contribution in [0.3, 0.4) is 0 Å². The van der Waals surface area contributed by atoms with Crippen LogP contribution in [0.15, 0.2) is 29.3 Å². The Kier molecular flexibility index (Phi) is 9.31. The first kappa shape index (κ1) is 18.5. The number of hydrogen-bond acceptors (Lipinski definition) is 2. The summed E-state index contributed by atoms with van der Waals surface area (Å²) in [6, 6.07) is 8.42. The third-order valence-corrected chi connectivity index (χ3v) is 3.85. The van der Waals surface area contributed by atoms with Gasteiger partial charge in [0.1, 0.15) is 0 Å². The highest BCUT2D eigenvalue weighted by molar-refractivity contribution is 5.79. The highest BCUT2D eigenvalue weighted by atomic mass is 15.2. The van der Waals surface area contributed by atoms with Crippen molar-refractivity contribution in [2.24, 2.45) is 4.99 Å². The van der Waals surface area contributed by atoms with Gasteiger partial charge in [-0.3, -0.25) is 0 Å². The van der Waals surface area contributed by atoms with Crippen molar-refractivity contribution in [2.75, 3.05) is 32.7 Å². The van der Waals surface area contributed by atoms with E-state index in [0.29, 0.717) is 0 Å². The molecule has 0 aliphatic heterocycles. The van der Waals surface area contributed by atoms with Crippen molar-refractivity contribution < 1.29 is 0 Å². The Morgan fingerprint density at radius 2 is 1.82 bits per heavy atom. The first-order valence-corrected chi connectivity index (χ1v) is 8.50. The van der Waals surface area contributed by atoms with Crippen LogP contribution in [0.2, 0.25) is 0 Å². The molecule has 0 aliphatic rings. The molecule has 0 amide bonds. The molecular weight excluding hydrogens is 272 g/mol. The molecule has 1 aromatic rings. The normalized spacial score (nSPS) is 11.8. The molecule has 22 heavy (non-hydrogen) atoms. The molecule has 0 saturated heterocycles. The zero-order valence-corrected chi connectivity index (χ0v) is 14.7. The molecule has 0 aliphatic carbocycles. The quantitative estimate of drug-likeness (QED) is 0.419. The molecule has 124 valence electrons. The van der Waals surface area contributed by atoms with Gasteiger partial charge in [-0.25, -0.2) is 4.99 Å². The van der Waals surface area contributed by atoms with Crippen LogP contribution in [0.25, 0.3) is 0 Å². The van der Waals surface area contributed by atoms with Gasteiger partial charge in [-0.2, -0.15) is 0 Å². The van der Waals surface area contributed by atoms with Crippen molar-refractivity contribution >= 4 is 5.96 Å². The standard InChI is InChI=1S/C18H32N4/c1-5-19-18(20-13-10-14-22(6-2)7-3)21-15-17-12-9-8-11-16(17)4/h8-9,11-12H,5-7,10,13-15H2,1-4H3,(H2,19,20,21). The lowest BCUT2D eigenvalue weighted by atomic mass is 10.1. The summed E-state index contributed by atoms with van der Waals surface area (Å²) >= 11 is 0. The summed E-state index contributed by atoms with van der Waals surface area (Å²) in [5, 5.41) is 6.74. The van der Waals surface area contributed by atoms with Crippen molar-refractivity contribution in [3.05, 3.63) is 35.4 Å². The van der Waals surface area contributed by atoms with Crippen molar-refractivity contribution in [3.63, 3.8) is 0 Å². The van der Waals surface area contributed by atoms with Crippen LogP contribution in [0.5, 0.6) is 0 Å². The fraction of sp³-hybridized carbons (Fsp3) is 0.611. The third kappa shape index (κ3) is 6.94. The molecule has 4 nitrogen and oxygen atoms in total. The van der Waals surface area contributed by atoms with Gasteiger partial charge in [-0.05, 0) is 51.0 Å². The second-order valence-electron chi connectivity index (χ2n) is 5.43. The van der Waals surface area contributed by atoms with E-state index in [0.717, 1.165) is 51.6 Å². The van der Waals surface area contributed by atoms with E-state index in [1.54, 1.807) is 0 Å². The van der Waals surface area contributed by atoms with Crippen molar-refractivity contribution in [2.45, 2.75) is 40.7 Å². The van der Waals surface area contributed by atoms with Gasteiger partial charge in [0, 0.05) is 13.1 Å². The summed E-state index contributed by atoms with van der Waals surface area (Å²) in [4.78, 5) is 7.13. The Bertz CT molecular complexity index is 438. The lowest BCUT2D eigenvalue weighted by Gasteiger charge is -2.18. The van der Waals surface area contributed by atoms with E-state index < -0.39 is 0 Å². The van der Waals surface area contributed by atoms with Gasteiger partial charge in [0.05, 0.1) is 6.54 Å². The summed E-state index contributed by atoms with van der Waals surface area (Å²) in [7, 11) is 0. The van der Waals surface area contributed by atoms with E-state index in [4.69, 9.17) is 0 Å². The average molecular weight is 304 g/mol. The Morgan fingerprint density at radius 3 is 2.45 bits per heavy atom. The second kappa shape index (κ2) is 11.1. The Morgan fingerprint density at radius 1 is 1.09 bits per heavy atom. The fourth-order valence-corrected chi connectivity index (χ4v) is 2.34. The van der Waals surface area contributed by atoms with Crippen LogP contribution in [0, 0.1) is 6.92 Å². The van der Waals surface area contributed by atoms with Crippen molar-refractivity contribution in [1.29, 1.82) is 0 Å². The van der Waals surface area contributed by atoms with E-state index in [2.05, 4.69) is 72.5 Å². The van der Waals surface area contributed by atoms with E-state index in [-0.39, 0.29) is 0 Å². The molecule has 0 fully saturated rings. The number of nitrogens with zero attached hydrogens (tertiary/aromatic N) is 2. The predicted octanol–water partition coefficient (Wildman–Crippen LogP) is 2.78. The lowest BCUT2D eigenvalue weighted by molar-refractivity contribution is 0.300. The van der Waals surface area contributed by atoms with Crippen LogP contribution >= 0.6 is 0 Å². The molecule has 0 heterocycles. The van der Waals surface area contributed by atoms with E-state index in [1.165, 1.54) is 11.1 Å². The highest BCUT2D eigenvalue weighted by Crippen LogP contribution is 2.07. The fourth-order valence-electron chi connectivity index (χ4n) is 2.34. The molecule has 0 radical (unpaired) electrons. The average Bonchev–Trinajstić information content (AvgIpc) is 2.54. The van der Waals surface area contributed by atoms with Gasteiger partial charge in [-0.15, -0.1) is 0 Å². The molecule has 1 rings (SSSR count). The lowest BCUT2D eigenvalue weighted by Crippen LogP contribution is -2.38. The van der Waals surface area contributed by atoms with Crippen LogP contribution in [-0.2, 0) is 6.54 Å². The molecule has 0 aromatic heterocycles. The molecule has 4 heteroatoms. The molecule has 1 aromatic carbocycles. The number of guanidine groups is 1. The number of benzene rings is 1. The third-order valence-electron chi connectivity index (χ3n) is 3.85. The molecule has 0 saturated carbocycles. The largest absolute Gasteiger partial charge is 0.357 e. The zero-order chi connectivity index (χ0) is 16.2. The minimum Gasteiger partial charge on any atom is -0.357 e. The predicted molar refractivity (Wildman–Crippen MR) is 96.4 cm³/mol. The highest BCUT2D eigenvalue weighted by Gasteiger charge is 2.01. The van der Waals surface area contributed by atoms with E-state index in [1.807, 2.05) is 0 Å². The first-order valence-electron chi connectivity index (χ1n) is 8.50. The number of aliphatic imine (C=N–C) groups is 1. The molecule has 0 unspecified atom stereocenters. The van der Waals surface area contributed by atoms with Crippen molar-refractivity contribution in [1.82, 2.24) is 15.5 Å². The van der Waals surface area contributed by atoms with Crippen molar-refractivity contribution in [3.8, 4) is 0 Å². The summed E-state index contributed by atoms with van der Waals surface area (Å²) in [5.41, 5.74) is 2.58. The minimum atomic E-state index is 0.720. The number of aryl methyl sites for hydroxylation is 1. The molecule has 0 spiro atoms. The van der Waals surface area contributed by atoms with Crippen LogP contribution < -0.4 is 10.6 Å². The monoisotopic (exact) mass is 304 g/mol. The van der Waals surface area contributed by atoms with E-state index >= 15 is 0 Å². The molecule has 2 N–H and O–H groups in total. The van der Waals surface area contributed by atoms with Crippen LogP contribution in [0.4, 0.5) is 0 Å². The maximum Gasteiger partial charge on any atom is 0.191 e. The van der Waals surface area contributed by atoms with Crippen LogP contribution in [-0.4, -0.2) is 43.6 Å². The summed E-state index contributed by atoms with van der Waals surface area (Å²) in [6.45, 7) is 14.6. The summed E-state index contributed by atoms with van der Waals surface area (Å²) in [5.74, 6) is 0.908. The number of nitrogens with one attached hydrogen (secondary N) is 2.